The van der Waals surface area contributed by atoms with Crippen molar-refractivity contribution in [1.82, 2.24) is 9.88 Å². The fraction of sp³-hybridized carbons (Fsp3) is 0.455. The predicted octanol–water partition coefficient (Wildman–Crippen LogP) is 1.03. The zero-order valence-corrected chi connectivity index (χ0v) is 8.81. The zero-order valence-electron chi connectivity index (χ0n) is 8.81. The highest BCUT2D eigenvalue weighted by Crippen LogP contribution is 2.20. The van der Waals surface area contributed by atoms with Crippen LogP contribution in [0, 0.1) is 5.92 Å². The first-order chi connectivity index (χ1) is 7.16. The Morgan fingerprint density at radius 2 is 2.47 bits per heavy atom. The Hall–Kier alpha value is -1.58. The lowest BCUT2D eigenvalue weighted by Gasteiger charge is -2.16. The lowest BCUT2D eigenvalue weighted by molar-refractivity contribution is -0.128. The average molecular weight is 205 g/mol. The Kier molecular flexibility index (Phi) is 2.58. The molecule has 1 fully saturated rings. The van der Waals surface area contributed by atoms with Gasteiger partial charge < -0.3 is 10.6 Å². The smallest absolute Gasteiger partial charge is 0.223 e. The van der Waals surface area contributed by atoms with Crippen molar-refractivity contribution in [3.63, 3.8) is 0 Å². The Bertz CT molecular complexity index is 378. The van der Waals surface area contributed by atoms with Crippen molar-refractivity contribution in [2.75, 3.05) is 12.3 Å². The SMILES string of the molecule is CC1CC(=O)N(Cc2cccnc2N)C1. The third kappa shape index (κ3) is 2.09. The van der Waals surface area contributed by atoms with Crippen LogP contribution in [0.25, 0.3) is 0 Å². The van der Waals surface area contributed by atoms with Crippen LogP contribution in [0.1, 0.15) is 18.9 Å². The van der Waals surface area contributed by atoms with Crippen molar-refractivity contribution in [3.8, 4) is 0 Å². The first-order valence-corrected chi connectivity index (χ1v) is 5.14. The van der Waals surface area contributed by atoms with Gasteiger partial charge in [-0.15, -0.1) is 0 Å². The van der Waals surface area contributed by atoms with Crippen LogP contribution in [-0.2, 0) is 11.3 Å². The van der Waals surface area contributed by atoms with Gasteiger partial charge in [-0.05, 0) is 12.0 Å². The Morgan fingerprint density at radius 1 is 1.67 bits per heavy atom. The summed E-state index contributed by atoms with van der Waals surface area (Å²) in [5.41, 5.74) is 6.66. The number of hydrogen-bond donors (Lipinski definition) is 1. The standard InChI is InChI=1S/C11H15N3O/c1-8-5-10(15)14(6-8)7-9-3-2-4-13-11(9)12/h2-4,8H,5-7H2,1H3,(H2,12,13). The van der Waals surface area contributed by atoms with E-state index >= 15 is 0 Å². The molecule has 0 spiro atoms. The number of carbonyl (C=O) groups excluding carboxylic acids is 1. The Morgan fingerprint density at radius 3 is 3.07 bits per heavy atom. The summed E-state index contributed by atoms with van der Waals surface area (Å²) in [4.78, 5) is 17.4. The van der Waals surface area contributed by atoms with Crippen molar-refractivity contribution in [3.05, 3.63) is 23.9 Å². The van der Waals surface area contributed by atoms with E-state index in [9.17, 15) is 4.79 Å². The second-order valence-electron chi connectivity index (χ2n) is 4.13. The van der Waals surface area contributed by atoms with Crippen LogP contribution in [0.5, 0.6) is 0 Å². The molecule has 1 aliphatic heterocycles. The van der Waals surface area contributed by atoms with Gasteiger partial charge in [0.05, 0.1) is 0 Å². The quantitative estimate of drug-likeness (QED) is 0.784. The van der Waals surface area contributed by atoms with Gasteiger partial charge in [0.15, 0.2) is 0 Å². The van der Waals surface area contributed by atoms with Crippen LogP contribution in [0.15, 0.2) is 18.3 Å². The number of anilines is 1. The van der Waals surface area contributed by atoms with Gasteiger partial charge in [-0.1, -0.05) is 13.0 Å². The third-order valence-electron chi connectivity index (χ3n) is 2.70. The van der Waals surface area contributed by atoms with Crippen LogP contribution in [-0.4, -0.2) is 22.3 Å². The molecule has 1 atom stereocenters. The molecular weight excluding hydrogens is 190 g/mol. The first-order valence-electron chi connectivity index (χ1n) is 5.14. The van der Waals surface area contributed by atoms with Gasteiger partial charge in [0.25, 0.3) is 0 Å². The van der Waals surface area contributed by atoms with E-state index in [0.29, 0.717) is 24.7 Å². The van der Waals surface area contributed by atoms with Crippen molar-refractivity contribution in [2.45, 2.75) is 19.9 Å². The summed E-state index contributed by atoms with van der Waals surface area (Å²) in [5, 5.41) is 0. The minimum atomic E-state index is 0.214. The number of rotatable bonds is 2. The van der Waals surface area contributed by atoms with Crippen molar-refractivity contribution < 1.29 is 4.79 Å². The summed E-state index contributed by atoms with van der Waals surface area (Å²) in [6.45, 7) is 3.50. The monoisotopic (exact) mass is 205 g/mol. The average Bonchev–Trinajstić information content (AvgIpc) is 2.49. The molecule has 0 radical (unpaired) electrons. The molecule has 0 bridgehead atoms. The molecule has 1 unspecified atom stereocenters. The van der Waals surface area contributed by atoms with Crippen molar-refractivity contribution in [2.24, 2.45) is 5.92 Å². The van der Waals surface area contributed by atoms with Crippen LogP contribution >= 0.6 is 0 Å². The van der Waals surface area contributed by atoms with Gasteiger partial charge in [0, 0.05) is 31.3 Å². The zero-order chi connectivity index (χ0) is 10.8. The fourth-order valence-corrected chi connectivity index (χ4v) is 1.91. The number of carbonyl (C=O) groups is 1. The molecule has 1 saturated heterocycles. The molecule has 1 aromatic heterocycles. The van der Waals surface area contributed by atoms with E-state index in [1.165, 1.54) is 0 Å². The largest absolute Gasteiger partial charge is 0.383 e. The van der Waals surface area contributed by atoms with Crippen LogP contribution in [0.2, 0.25) is 0 Å². The van der Waals surface area contributed by atoms with E-state index in [1.54, 1.807) is 6.20 Å². The van der Waals surface area contributed by atoms with E-state index in [2.05, 4.69) is 11.9 Å². The molecule has 1 aliphatic rings. The van der Waals surface area contributed by atoms with Crippen LogP contribution in [0.3, 0.4) is 0 Å². The maximum absolute atomic E-state index is 11.6. The van der Waals surface area contributed by atoms with E-state index in [-0.39, 0.29) is 5.91 Å². The maximum Gasteiger partial charge on any atom is 0.223 e. The van der Waals surface area contributed by atoms with E-state index in [1.807, 2.05) is 17.0 Å². The summed E-state index contributed by atoms with van der Waals surface area (Å²) in [6.07, 6.45) is 2.31. The maximum atomic E-state index is 11.6. The molecule has 2 rings (SSSR count). The summed E-state index contributed by atoms with van der Waals surface area (Å²) in [6, 6.07) is 3.76. The molecule has 0 aliphatic carbocycles. The molecule has 15 heavy (non-hydrogen) atoms. The van der Waals surface area contributed by atoms with Crippen molar-refractivity contribution in [1.29, 1.82) is 0 Å². The molecule has 2 N–H and O–H groups in total. The molecule has 1 aromatic rings. The molecule has 0 aromatic carbocycles. The number of hydrogen-bond acceptors (Lipinski definition) is 3. The minimum Gasteiger partial charge on any atom is -0.383 e. The number of nitrogen functional groups attached to an aromatic ring is 1. The minimum absolute atomic E-state index is 0.214. The number of nitrogens with two attached hydrogens (primary N) is 1. The second kappa shape index (κ2) is 3.88. The number of pyridine rings is 1. The third-order valence-corrected chi connectivity index (χ3v) is 2.70. The lowest BCUT2D eigenvalue weighted by atomic mass is 10.2. The lowest BCUT2D eigenvalue weighted by Crippen LogP contribution is -2.25. The van der Waals surface area contributed by atoms with Gasteiger partial charge in [0.1, 0.15) is 5.82 Å². The van der Waals surface area contributed by atoms with E-state index < -0.39 is 0 Å². The summed E-state index contributed by atoms with van der Waals surface area (Å²) >= 11 is 0. The Balaban J connectivity index is 2.09. The molecule has 4 heteroatoms. The van der Waals surface area contributed by atoms with Gasteiger partial charge in [-0.2, -0.15) is 0 Å². The molecule has 80 valence electrons. The van der Waals surface area contributed by atoms with Gasteiger partial charge >= 0.3 is 0 Å². The molecular formula is C11H15N3O. The van der Waals surface area contributed by atoms with E-state index in [4.69, 9.17) is 5.73 Å². The predicted molar refractivity (Wildman–Crippen MR) is 57.8 cm³/mol. The normalized spacial score (nSPS) is 21.0. The van der Waals surface area contributed by atoms with Gasteiger partial charge in [-0.25, -0.2) is 4.98 Å². The number of nitrogens with zero attached hydrogens (tertiary/aromatic N) is 2. The topological polar surface area (TPSA) is 59.2 Å². The first kappa shape index (κ1) is 9.96. The van der Waals surface area contributed by atoms with Crippen LogP contribution in [0.4, 0.5) is 5.82 Å². The van der Waals surface area contributed by atoms with E-state index in [0.717, 1.165) is 12.1 Å². The number of aromatic nitrogens is 1. The number of amides is 1. The highest BCUT2D eigenvalue weighted by atomic mass is 16.2. The van der Waals surface area contributed by atoms with Crippen LogP contribution < -0.4 is 5.73 Å². The van der Waals surface area contributed by atoms with Gasteiger partial charge in [-0.3, -0.25) is 4.79 Å². The van der Waals surface area contributed by atoms with Gasteiger partial charge in [0.2, 0.25) is 5.91 Å². The number of likely N-dealkylation sites (tertiary alicyclic amines) is 1. The molecule has 1 amide bonds. The Labute approximate surface area is 89.1 Å². The highest BCUT2D eigenvalue weighted by molar-refractivity contribution is 5.78. The van der Waals surface area contributed by atoms with Crippen molar-refractivity contribution >= 4 is 11.7 Å². The summed E-state index contributed by atoms with van der Waals surface area (Å²) in [7, 11) is 0. The molecule has 0 saturated carbocycles. The second-order valence-corrected chi connectivity index (χ2v) is 4.13. The highest BCUT2D eigenvalue weighted by Gasteiger charge is 2.26. The summed E-state index contributed by atoms with van der Waals surface area (Å²) in [5.74, 6) is 1.19. The molecule has 2 heterocycles. The fourth-order valence-electron chi connectivity index (χ4n) is 1.91. The summed E-state index contributed by atoms with van der Waals surface area (Å²) < 4.78 is 0. The molecule has 4 nitrogen and oxygen atoms in total.